The molecule has 0 radical (unpaired) electrons. The van der Waals surface area contributed by atoms with Crippen LogP contribution in [0.15, 0.2) is 18.2 Å². The number of carbonyl (C=O) groups is 2. The third kappa shape index (κ3) is 2.98. The van der Waals surface area contributed by atoms with E-state index in [1.54, 1.807) is 19.1 Å². The van der Waals surface area contributed by atoms with Gasteiger partial charge in [0.15, 0.2) is 6.61 Å². The van der Waals surface area contributed by atoms with Crippen molar-refractivity contribution in [3.8, 4) is 5.75 Å². The van der Waals surface area contributed by atoms with Gasteiger partial charge in [-0.2, -0.15) is 0 Å². The first-order valence-electron chi connectivity index (χ1n) is 4.58. The number of esters is 1. The zero-order chi connectivity index (χ0) is 12.1. The molecule has 0 atom stereocenters. The summed E-state index contributed by atoms with van der Waals surface area (Å²) in [5.74, 6) is -1.19. The van der Waals surface area contributed by atoms with Crippen LogP contribution in [0.3, 0.4) is 0 Å². The molecule has 0 spiro atoms. The van der Waals surface area contributed by atoms with Gasteiger partial charge in [0.25, 0.3) is 0 Å². The molecular formula is C11H12O5. The zero-order valence-electron chi connectivity index (χ0n) is 9.02. The Kier molecular flexibility index (Phi) is 3.88. The molecule has 0 amide bonds. The molecule has 1 N–H and O–H groups in total. The molecule has 0 heterocycles. The summed E-state index contributed by atoms with van der Waals surface area (Å²) in [6.45, 7) is 1.32. The number of hydrogen-bond donors (Lipinski definition) is 1. The lowest BCUT2D eigenvalue weighted by atomic mass is 10.1. The van der Waals surface area contributed by atoms with Crippen LogP contribution in [-0.4, -0.2) is 30.8 Å². The van der Waals surface area contributed by atoms with Crippen molar-refractivity contribution in [1.29, 1.82) is 0 Å². The first-order valence-corrected chi connectivity index (χ1v) is 4.58. The maximum Gasteiger partial charge on any atom is 0.341 e. The SMILES string of the molecule is COC(=O)c1ccc(C)c(OCC(=O)O)c1. The predicted molar refractivity (Wildman–Crippen MR) is 55.6 cm³/mol. The van der Waals surface area contributed by atoms with Gasteiger partial charge in [0.1, 0.15) is 5.75 Å². The van der Waals surface area contributed by atoms with Crippen molar-refractivity contribution in [2.24, 2.45) is 0 Å². The summed E-state index contributed by atoms with van der Waals surface area (Å²) in [5.41, 5.74) is 1.09. The van der Waals surface area contributed by atoms with Gasteiger partial charge >= 0.3 is 11.9 Å². The number of aliphatic carboxylic acids is 1. The Hall–Kier alpha value is -2.04. The van der Waals surface area contributed by atoms with Gasteiger partial charge < -0.3 is 14.6 Å². The van der Waals surface area contributed by atoms with E-state index >= 15 is 0 Å². The lowest BCUT2D eigenvalue weighted by molar-refractivity contribution is -0.139. The monoisotopic (exact) mass is 224 g/mol. The van der Waals surface area contributed by atoms with E-state index in [-0.39, 0.29) is 0 Å². The van der Waals surface area contributed by atoms with Gasteiger partial charge in [-0.05, 0) is 24.6 Å². The number of hydrogen-bond acceptors (Lipinski definition) is 4. The highest BCUT2D eigenvalue weighted by Crippen LogP contribution is 2.19. The molecule has 0 aliphatic rings. The summed E-state index contributed by atoms with van der Waals surface area (Å²) in [5, 5.41) is 8.47. The van der Waals surface area contributed by atoms with Crippen molar-refractivity contribution < 1.29 is 24.2 Å². The van der Waals surface area contributed by atoms with Crippen LogP contribution in [0, 0.1) is 6.92 Å². The largest absolute Gasteiger partial charge is 0.482 e. The Balaban J connectivity index is 2.90. The molecule has 1 aromatic rings. The van der Waals surface area contributed by atoms with Crippen molar-refractivity contribution in [2.75, 3.05) is 13.7 Å². The second-order valence-electron chi connectivity index (χ2n) is 3.15. The number of aryl methyl sites for hydroxylation is 1. The van der Waals surface area contributed by atoms with E-state index in [9.17, 15) is 9.59 Å². The Morgan fingerprint density at radius 1 is 1.38 bits per heavy atom. The van der Waals surface area contributed by atoms with E-state index in [0.29, 0.717) is 11.3 Å². The molecule has 0 unspecified atom stereocenters. The molecule has 5 heteroatoms. The summed E-state index contributed by atoms with van der Waals surface area (Å²) in [6.07, 6.45) is 0. The lowest BCUT2D eigenvalue weighted by Gasteiger charge is -2.08. The van der Waals surface area contributed by atoms with Gasteiger partial charge in [-0.25, -0.2) is 9.59 Å². The predicted octanol–water partition coefficient (Wildman–Crippen LogP) is 1.25. The van der Waals surface area contributed by atoms with Gasteiger partial charge in [-0.3, -0.25) is 0 Å². The summed E-state index contributed by atoms with van der Waals surface area (Å²) in [6, 6.07) is 4.72. The topological polar surface area (TPSA) is 72.8 Å². The smallest absolute Gasteiger partial charge is 0.341 e. The number of rotatable bonds is 4. The van der Waals surface area contributed by atoms with Gasteiger partial charge in [0.05, 0.1) is 12.7 Å². The van der Waals surface area contributed by atoms with Crippen LogP contribution in [0.5, 0.6) is 5.75 Å². The fourth-order valence-electron chi connectivity index (χ4n) is 1.14. The zero-order valence-corrected chi connectivity index (χ0v) is 9.02. The average molecular weight is 224 g/mol. The highest BCUT2D eigenvalue weighted by molar-refractivity contribution is 5.89. The third-order valence-corrected chi connectivity index (χ3v) is 1.96. The van der Waals surface area contributed by atoms with Crippen LogP contribution in [-0.2, 0) is 9.53 Å². The number of carboxylic acids is 1. The van der Waals surface area contributed by atoms with Crippen molar-refractivity contribution in [3.05, 3.63) is 29.3 Å². The minimum absolute atomic E-state index is 0.327. The van der Waals surface area contributed by atoms with Gasteiger partial charge in [-0.1, -0.05) is 6.07 Å². The molecular weight excluding hydrogens is 212 g/mol. The van der Waals surface area contributed by atoms with Crippen molar-refractivity contribution in [2.45, 2.75) is 6.92 Å². The molecule has 0 aromatic heterocycles. The number of carbonyl (C=O) groups excluding carboxylic acids is 1. The van der Waals surface area contributed by atoms with E-state index in [4.69, 9.17) is 9.84 Å². The fourth-order valence-corrected chi connectivity index (χ4v) is 1.14. The Morgan fingerprint density at radius 3 is 2.62 bits per heavy atom. The second kappa shape index (κ2) is 5.16. The van der Waals surface area contributed by atoms with E-state index in [1.165, 1.54) is 13.2 Å². The molecule has 0 aliphatic heterocycles. The number of ether oxygens (including phenoxy) is 2. The van der Waals surface area contributed by atoms with Crippen LogP contribution in [0.1, 0.15) is 15.9 Å². The molecule has 0 aliphatic carbocycles. The summed E-state index contributed by atoms with van der Waals surface area (Å²) < 4.78 is 9.57. The van der Waals surface area contributed by atoms with Crippen LogP contribution < -0.4 is 4.74 Å². The molecule has 0 saturated carbocycles. The van der Waals surface area contributed by atoms with Crippen LogP contribution in [0.25, 0.3) is 0 Å². The highest BCUT2D eigenvalue weighted by atomic mass is 16.5. The number of methoxy groups -OCH3 is 1. The summed E-state index contributed by atoms with van der Waals surface area (Å²) >= 11 is 0. The summed E-state index contributed by atoms with van der Waals surface area (Å²) in [7, 11) is 1.28. The average Bonchev–Trinajstić information content (AvgIpc) is 2.26. The highest BCUT2D eigenvalue weighted by Gasteiger charge is 2.09. The van der Waals surface area contributed by atoms with E-state index in [2.05, 4.69) is 4.74 Å². The maximum atomic E-state index is 11.2. The van der Waals surface area contributed by atoms with Crippen molar-refractivity contribution >= 4 is 11.9 Å². The molecule has 1 rings (SSSR count). The molecule has 0 fully saturated rings. The van der Waals surface area contributed by atoms with Crippen LogP contribution >= 0.6 is 0 Å². The van der Waals surface area contributed by atoms with E-state index < -0.39 is 18.5 Å². The van der Waals surface area contributed by atoms with E-state index in [0.717, 1.165) is 5.56 Å². The molecule has 86 valence electrons. The Morgan fingerprint density at radius 2 is 2.06 bits per heavy atom. The Labute approximate surface area is 92.6 Å². The molecule has 0 saturated heterocycles. The molecule has 0 bridgehead atoms. The third-order valence-electron chi connectivity index (χ3n) is 1.96. The van der Waals surface area contributed by atoms with Crippen molar-refractivity contribution in [3.63, 3.8) is 0 Å². The molecule has 5 nitrogen and oxygen atoms in total. The number of benzene rings is 1. The summed E-state index contributed by atoms with van der Waals surface area (Å²) in [4.78, 5) is 21.6. The van der Waals surface area contributed by atoms with Gasteiger partial charge in [-0.15, -0.1) is 0 Å². The maximum absolute atomic E-state index is 11.2. The van der Waals surface area contributed by atoms with Crippen molar-refractivity contribution in [1.82, 2.24) is 0 Å². The normalized spacial score (nSPS) is 9.62. The minimum atomic E-state index is -1.07. The Bertz CT molecular complexity index is 411. The quantitative estimate of drug-likeness (QED) is 0.779. The van der Waals surface area contributed by atoms with Gasteiger partial charge in [0, 0.05) is 0 Å². The first kappa shape index (κ1) is 12.0. The minimum Gasteiger partial charge on any atom is -0.482 e. The fraction of sp³-hybridized carbons (Fsp3) is 0.273. The second-order valence-corrected chi connectivity index (χ2v) is 3.15. The van der Waals surface area contributed by atoms with Gasteiger partial charge in [0.2, 0.25) is 0 Å². The molecule has 1 aromatic carbocycles. The molecule has 16 heavy (non-hydrogen) atoms. The van der Waals surface area contributed by atoms with Crippen LogP contribution in [0.2, 0.25) is 0 Å². The first-order chi connectivity index (χ1) is 7.54. The standard InChI is InChI=1S/C11H12O5/c1-7-3-4-8(11(14)15-2)5-9(7)16-6-10(12)13/h3-5H,6H2,1-2H3,(H,12,13). The van der Waals surface area contributed by atoms with Crippen LogP contribution in [0.4, 0.5) is 0 Å². The number of carboxylic acid groups (broad SMARTS) is 1. The van der Waals surface area contributed by atoms with E-state index in [1.807, 2.05) is 0 Å². The lowest BCUT2D eigenvalue weighted by Crippen LogP contribution is -2.11.